The van der Waals surface area contributed by atoms with Gasteiger partial charge in [-0.2, -0.15) is 5.26 Å². The average Bonchev–Trinajstić information content (AvgIpc) is 3.32. The zero-order valence-corrected chi connectivity index (χ0v) is 24.3. The Labute approximate surface area is 247 Å². The van der Waals surface area contributed by atoms with Crippen LogP contribution in [0.3, 0.4) is 0 Å². The van der Waals surface area contributed by atoms with Gasteiger partial charge in [-0.1, -0.05) is 68.1 Å². The monoisotopic (exact) mass is 588 g/mol. The summed E-state index contributed by atoms with van der Waals surface area (Å²) in [6.45, 7) is 2.77. The lowest BCUT2D eigenvalue weighted by Crippen LogP contribution is -2.21. The number of hydrogen-bond acceptors (Lipinski definition) is 8. The maximum absolute atomic E-state index is 13.0. The third-order valence-electron chi connectivity index (χ3n) is 6.90. The molecule has 7 nitrogen and oxygen atoms in total. The van der Waals surface area contributed by atoms with E-state index in [4.69, 9.17) is 36.3 Å². The molecule has 41 heavy (non-hydrogen) atoms. The molecule has 0 saturated heterocycles. The van der Waals surface area contributed by atoms with Gasteiger partial charge in [-0.3, -0.25) is 0 Å². The summed E-state index contributed by atoms with van der Waals surface area (Å²) in [5.74, 6) is 0.743. The highest BCUT2D eigenvalue weighted by Crippen LogP contribution is 2.45. The van der Waals surface area contributed by atoms with Crippen molar-refractivity contribution in [3.8, 4) is 29.1 Å². The molecule has 210 valence electrons. The lowest BCUT2D eigenvalue weighted by molar-refractivity contribution is 0.0740. The number of hydrogen-bond donors (Lipinski definition) is 1. The molecule has 4 aromatic rings. The van der Waals surface area contributed by atoms with Crippen LogP contribution < -0.4 is 24.7 Å². The Morgan fingerprint density at radius 1 is 1.10 bits per heavy atom. The second-order valence-corrected chi connectivity index (χ2v) is 11.0. The molecule has 1 atom stereocenters. The predicted molar refractivity (Wildman–Crippen MR) is 160 cm³/mol. The molecule has 0 aliphatic carbocycles. The van der Waals surface area contributed by atoms with Gasteiger partial charge >= 0.3 is 5.97 Å². The molecular formula is C32H29ClN2O5S. The third kappa shape index (κ3) is 5.83. The van der Waals surface area contributed by atoms with Crippen LogP contribution in [0.1, 0.15) is 59.3 Å². The summed E-state index contributed by atoms with van der Waals surface area (Å²) < 4.78 is 24.0. The Hall–Kier alpha value is -4.19. The Balaban J connectivity index is 1.41. The highest BCUT2D eigenvalue weighted by atomic mass is 35.5. The van der Waals surface area contributed by atoms with E-state index in [1.807, 2.05) is 42.5 Å². The number of allylic oxidation sites excluding steroid dienone is 1. The van der Waals surface area contributed by atoms with Gasteiger partial charge in [-0.15, -0.1) is 11.3 Å². The Bertz CT molecular complexity index is 1670. The topological polar surface area (TPSA) is 104 Å². The number of rotatable bonds is 10. The SMILES string of the molecule is CCCCCCOc1ccc(C2C(C#N)=C(N)Oc3cc(OC(=O)c4sc5ccccc5c4Cl)ccc32)cc1OC. The maximum atomic E-state index is 13.0. The lowest BCUT2D eigenvalue weighted by Gasteiger charge is -2.27. The van der Waals surface area contributed by atoms with Crippen molar-refractivity contribution in [2.45, 2.75) is 38.5 Å². The number of unbranched alkanes of at least 4 members (excludes halogenated alkanes) is 3. The number of halogens is 1. The van der Waals surface area contributed by atoms with Gasteiger partial charge in [0, 0.05) is 21.7 Å². The van der Waals surface area contributed by atoms with E-state index in [1.165, 1.54) is 17.8 Å². The standard InChI is InChI=1S/C32H29ClN2O5S/c1-3-4-5-8-15-38-24-14-11-19(16-26(24)37-2)28-21-13-12-20(17-25(21)40-31(35)23(28)18-34)39-32(36)30-29(33)22-9-6-7-10-27(22)41-30/h6-7,9-14,16-17,28H,3-5,8,15,35H2,1-2H3. The molecule has 5 rings (SSSR count). The van der Waals surface area contributed by atoms with Gasteiger partial charge in [0.2, 0.25) is 5.88 Å². The molecule has 9 heteroatoms. The molecular weight excluding hydrogens is 560 g/mol. The van der Waals surface area contributed by atoms with Gasteiger partial charge in [0.25, 0.3) is 0 Å². The van der Waals surface area contributed by atoms with E-state index in [0.29, 0.717) is 39.3 Å². The molecule has 1 aliphatic rings. The number of thiophene rings is 1. The van der Waals surface area contributed by atoms with Crippen molar-refractivity contribution < 1.29 is 23.7 Å². The molecule has 2 heterocycles. The lowest BCUT2D eigenvalue weighted by atomic mass is 9.83. The molecule has 1 unspecified atom stereocenters. The summed E-state index contributed by atoms with van der Waals surface area (Å²) in [6, 6.07) is 20.3. The van der Waals surface area contributed by atoms with Gasteiger partial charge in [0.1, 0.15) is 28.0 Å². The van der Waals surface area contributed by atoms with E-state index in [1.54, 1.807) is 25.3 Å². The highest BCUT2D eigenvalue weighted by molar-refractivity contribution is 7.21. The van der Waals surface area contributed by atoms with Crippen LogP contribution in [0.4, 0.5) is 0 Å². The fourth-order valence-electron chi connectivity index (χ4n) is 4.83. The van der Waals surface area contributed by atoms with Crippen LogP contribution in [-0.4, -0.2) is 19.7 Å². The summed E-state index contributed by atoms with van der Waals surface area (Å²) in [5, 5.41) is 11.1. The first-order valence-electron chi connectivity index (χ1n) is 13.4. The predicted octanol–water partition coefficient (Wildman–Crippen LogP) is 7.96. The summed E-state index contributed by atoms with van der Waals surface area (Å²) in [4.78, 5) is 13.3. The summed E-state index contributed by atoms with van der Waals surface area (Å²) in [5.41, 5.74) is 7.95. The number of carbonyl (C=O) groups excluding carboxylic acids is 1. The van der Waals surface area contributed by atoms with Crippen LogP contribution in [0, 0.1) is 11.3 Å². The molecule has 3 aromatic carbocycles. The molecule has 0 radical (unpaired) electrons. The van der Waals surface area contributed by atoms with E-state index in [0.717, 1.165) is 34.9 Å². The molecule has 0 fully saturated rings. The quantitative estimate of drug-likeness (QED) is 0.114. The van der Waals surface area contributed by atoms with Crippen molar-refractivity contribution in [1.82, 2.24) is 0 Å². The van der Waals surface area contributed by atoms with Crippen molar-refractivity contribution in [2.75, 3.05) is 13.7 Å². The third-order valence-corrected chi connectivity index (χ3v) is 8.55. The van der Waals surface area contributed by atoms with Crippen LogP contribution >= 0.6 is 22.9 Å². The Kier molecular flexibility index (Phi) is 8.67. The van der Waals surface area contributed by atoms with Crippen molar-refractivity contribution in [1.29, 1.82) is 5.26 Å². The highest BCUT2D eigenvalue weighted by Gasteiger charge is 2.32. The minimum atomic E-state index is -0.570. The number of carbonyl (C=O) groups is 1. The van der Waals surface area contributed by atoms with Gasteiger partial charge < -0.3 is 24.7 Å². The number of ether oxygens (including phenoxy) is 4. The van der Waals surface area contributed by atoms with Crippen LogP contribution in [0.25, 0.3) is 10.1 Å². The van der Waals surface area contributed by atoms with Gasteiger partial charge in [0.05, 0.1) is 24.7 Å². The molecule has 0 bridgehead atoms. The Morgan fingerprint density at radius 2 is 1.93 bits per heavy atom. The minimum absolute atomic E-state index is 0.0174. The number of esters is 1. The van der Waals surface area contributed by atoms with Crippen molar-refractivity contribution in [2.24, 2.45) is 5.73 Å². The summed E-state index contributed by atoms with van der Waals surface area (Å²) in [6.07, 6.45) is 4.41. The maximum Gasteiger partial charge on any atom is 0.355 e. The first kappa shape index (κ1) is 28.3. The second-order valence-electron chi connectivity index (χ2n) is 9.57. The van der Waals surface area contributed by atoms with Crippen molar-refractivity contribution in [3.05, 3.63) is 93.1 Å². The summed E-state index contributed by atoms with van der Waals surface area (Å²) in [7, 11) is 1.58. The fraction of sp³-hybridized carbons (Fsp3) is 0.250. The number of nitriles is 1. The van der Waals surface area contributed by atoms with Crippen molar-refractivity contribution >= 4 is 39.0 Å². The normalized spacial score (nSPS) is 14.2. The van der Waals surface area contributed by atoms with E-state index in [-0.39, 0.29) is 17.2 Å². The van der Waals surface area contributed by atoms with Crippen molar-refractivity contribution in [3.63, 3.8) is 0 Å². The first-order valence-corrected chi connectivity index (χ1v) is 14.6. The average molecular weight is 589 g/mol. The van der Waals surface area contributed by atoms with Crippen LogP contribution in [0.15, 0.2) is 72.1 Å². The fourth-order valence-corrected chi connectivity index (χ4v) is 6.22. The molecule has 1 aliphatic heterocycles. The molecule has 0 saturated carbocycles. The smallest absolute Gasteiger partial charge is 0.355 e. The number of fused-ring (bicyclic) bond motifs is 2. The van der Waals surface area contributed by atoms with Crippen LogP contribution in [-0.2, 0) is 0 Å². The second kappa shape index (κ2) is 12.5. The van der Waals surface area contributed by atoms with E-state index in [9.17, 15) is 10.1 Å². The largest absolute Gasteiger partial charge is 0.493 e. The number of benzene rings is 3. The molecule has 0 spiro atoms. The van der Waals surface area contributed by atoms with Gasteiger partial charge in [0.15, 0.2) is 11.5 Å². The van der Waals surface area contributed by atoms with Gasteiger partial charge in [-0.25, -0.2) is 4.79 Å². The number of nitrogens with two attached hydrogens (primary N) is 1. The van der Waals surface area contributed by atoms with Crippen LogP contribution in [0.2, 0.25) is 5.02 Å². The van der Waals surface area contributed by atoms with E-state index < -0.39 is 11.9 Å². The number of nitrogens with zero attached hydrogens (tertiary/aromatic N) is 1. The van der Waals surface area contributed by atoms with Crippen LogP contribution in [0.5, 0.6) is 23.0 Å². The van der Waals surface area contributed by atoms with E-state index in [2.05, 4.69) is 13.0 Å². The molecule has 2 N–H and O–H groups in total. The number of methoxy groups -OCH3 is 1. The zero-order valence-electron chi connectivity index (χ0n) is 22.7. The van der Waals surface area contributed by atoms with Gasteiger partial charge in [-0.05, 0) is 36.2 Å². The van der Waals surface area contributed by atoms with E-state index >= 15 is 0 Å². The molecule has 1 aromatic heterocycles. The first-order chi connectivity index (χ1) is 19.9. The Morgan fingerprint density at radius 3 is 2.68 bits per heavy atom. The minimum Gasteiger partial charge on any atom is -0.493 e. The summed E-state index contributed by atoms with van der Waals surface area (Å²) >= 11 is 7.74. The zero-order chi connectivity index (χ0) is 28.9. The molecule has 0 amide bonds.